The molecule has 10 heteroatoms. The summed E-state index contributed by atoms with van der Waals surface area (Å²) in [4.78, 5) is 4.18. The van der Waals surface area contributed by atoms with Gasteiger partial charge >= 0.3 is 12.4 Å². The van der Waals surface area contributed by atoms with E-state index in [1.807, 2.05) is 0 Å². The van der Waals surface area contributed by atoms with Crippen molar-refractivity contribution in [2.45, 2.75) is 37.7 Å². The second-order valence-corrected chi connectivity index (χ2v) is 6.13. The molecule has 4 N–H and O–H groups in total. The third-order valence-corrected chi connectivity index (χ3v) is 4.39. The third kappa shape index (κ3) is 3.37. The number of halogens is 6. The molecular formula is C16H15F6N3O. The lowest BCUT2D eigenvalue weighted by Gasteiger charge is -2.22. The zero-order valence-electron chi connectivity index (χ0n) is 13.3. The lowest BCUT2D eigenvalue weighted by atomic mass is 10.0. The monoisotopic (exact) mass is 379 g/mol. The van der Waals surface area contributed by atoms with Crippen molar-refractivity contribution in [1.82, 2.24) is 0 Å². The van der Waals surface area contributed by atoms with Gasteiger partial charge in [0.25, 0.3) is 0 Å². The molecule has 1 fully saturated rings. The summed E-state index contributed by atoms with van der Waals surface area (Å²) in [6, 6.07) is 1.13. The van der Waals surface area contributed by atoms with E-state index in [2.05, 4.69) is 10.3 Å². The van der Waals surface area contributed by atoms with Gasteiger partial charge in [0.2, 0.25) is 0 Å². The van der Waals surface area contributed by atoms with E-state index < -0.39 is 35.3 Å². The normalized spacial score (nSPS) is 20.9. The highest BCUT2D eigenvalue weighted by molar-refractivity contribution is 6.06. The van der Waals surface area contributed by atoms with Gasteiger partial charge in [-0.1, -0.05) is 0 Å². The highest BCUT2D eigenvalue weighted by Crippen LogP contribution is 2.43. The van der Waals surface area contributed by atoms with E-state index in [1.54, 1.807) is 0 Å². The molecule has 0 radical (unpaired) electrons. The highest BCUT2D eigenvalue weighted by atomic mass is 19.4. The molecule has 0 saturated heterocycles. The fraction of sp³-hybridized carbons (Fsp3) is 0.438. The molecule has 0 spiro atoms. The lowest BCUT2D eigenvalue weighted by molar-refractivity contribution is -0.141. The van der Waals surface area contributed by atoms with Crippen LogP contribution in [0.25, 0.3) is 0 Å². The van der Waals surface area contributed by atoms with Crippen molar-refractivity contribution >= 4 is 17.1 Å². The Morgan fingerprint density at radius 1 is 1.04 bits per heavy atom. The van der Waals surface area contributed by atoms with Crippen LogP contribution in [0.2, 0.25) is 0 Å². The van der Waals surface area contributed by atoms with Gasteiger partial charge in [-0.15, -0.1) is 0 Å². The van der Waals surface area contributed by atoms with E-state index in [1.165, 1.54) is 0 Å². The number of nitrogens with zero attached hydrogens (tertiary/aromatic N) is 1. The van der Waals surface area contributed by atoms with Crippen molar-refractivity contribution in [3.8, 4) is 0 Å². The number of anilines is 2. The van der Waals surface area contributed by atoms with Gasteiger partial charge < -0.3 is 16.2 Å². The van der Waals surface area contributed by atoms with Gasteiger partial charge in [0.05, 0.1) is 28.6 Å². The lowest BCUT2D eigenvalue weighted by Crippen LogP contribution is -2.21. The number of nitrogen functional groups attached to an aromatic ring is 1. The zero-order chi connectivity index (χ0) is 19.3. The summed E-state index contributed by atoms with van der Waals surface area (Å²) >= 11 is 0. The maximum atomic E-state index is 13.1. The number of dihydropyridines is 1. The molecule has 1 saturated carbocycles. The molecule has 1 unspecified atom stereocenters. The Bertz CT molecular complexity index is 759. The van der Waals surface area contributed by atoms with Gasteiger partial charge in [-0.2, -0.15) is 26.3 Å². The Labute approximate surface area is 144 Å². The van der Waals surface area contributed by atoms with Gasteiger partial charge in [0.1, 0.15) is 0 Å². The topological polar surface area (TPSA) is 70.6 Å². The summed E-state index contributed by atoms with van der Waals surface area (Å²) in [6.07, 6.45) is -9.60. The largest absolute Gasteiger partial charge is 0.418 e. The molecule has 1 aliphatic carbocycles. The average Bonchev–Trinajstić information content (AvgIpc) is 2.89. The fourth-order valence-corrected chi connectivity index (χ4v) is 3.20. The van der Waals surface area contributed by atoms with Crippen LogP contribution >= 0.6 is 0 Å². The van der Waals surface area contributed by atoms with Gasteiger partial charge in [0.15, 0.2) is 0 Å². The fourth-order valence-electron chi connectivity index (χ4n) is 3.20. The maximum absolute atomic E-state index is 13.1. The number of aliphatic hydroxyl groups excluding tert-OH is 1. The Morgan fingerprint density at radius 2 is 1.62 bits per heavy atom. The molecule has 4 nitrogen and oxygen atoms in total. The highest BCUT2D eigenvalue weighted by Gasteiger charge is 2.41. The summed E-state index contributed by atoms with van der Waals surface area (Å²) in [5, 5.41) is 12.5. The van der Waals surface area contributed by atoms with E-state index >= 15 is 0 Å². The minimum Gasteiger partial charge on any atom is -0.398 e. The van der Waals surface area contributed by atoms with Gasteiger partial charge in [-0.05, 0) is 30.5 Å². The minimum absolute atomic E-state index is 0.297. The van der Waals surface area contributed by atoms with Gasteiger partial charge in [-0.3, -0.25) is 4.99 Å². The zero-order valence-corrected chi connectivity index (χ0v) is 13.3. The van der Waals surface area contributed by atoms with Crippen LogP contribution in [0, 0.1) is 0 Å². The summed E-state index contributed by atoms with van der Waals surface area (Å²) in [6.45, 7) is 0.297. The quantitative estimate of drug-likeness (QED) is 0.538. The third-order valence-electron chi connectivity index (χ3n) is 4.39. The number of benzene rings is 1. The molecule has 1 aliphatic heterocycles. The van der Waals surface area contributed by atoms with E-state index in [-0.39, 0.29) is 5.69 Å². The molecule has 0 bridgehead atoms. The van der Waals surface area contributed by atoms with E-state index in [9.17, 15) is 31.4 Å². The van der Waals surface area contributed by atoms with Gasteiger partial charge in [-0.25, -0.2) is 0 Å². The molecule has 0 aromatic heterocycles. The van der Waals surface area contributed by atoms with E-state index in [4.69, 9.17) is 5.73 Å². The number of alkyl halides is 6. The molecule has 142 valence electrons. The number of nitrogens with two attached hydrogens (primary N) is 1. The molecule has 1 aromatic carbocycles. The predicted octanol–water partition coefficient (Wildman–Crippen LogP) is 3.97. The molecule has 1 aromatic rings. The van der Waals surface area contributed by atoms with Crippen molar-refractivity contribution in [1.29, 1.82) is 0 Å². The van der Waals surface area contributed by atoms with Gasteiger partial charge in [0, 0.05) is 24.4 Å². The number of aliphatic imine (C=N–C) groups is 1. The second-order valence-electron chi connectivity index (χ2n) is 6.13. The summed E-state index contributed by atoms with van der Waals surface area (Å²) < 4.78 is 78.6. The van der Waals surface area contributed by atoms with Crippen molar-refractivity contribution < 1.29 is 31.4 Å². The molecule has 2 aliphatic rings. The Morgan fingerprint density at radius 3 is 2.15 bits per heavy atom. The number of hydrogen-bond donors (Lipinski definition) is 3. The Kier molecular flexibility index (Phi) is 4.41. The standard InChI is InChI=1S/C16H15F6N3O/c17-15(18,19)9-5-7(6-10(13(9)23)16(20,21)22)25-11-3-4-24-14-8(11)1-2-12(14)26/h5-6,12,25-26H,1-4,23H2. The summed E-state index contributed by atoms with van der Waals surface area (Å²) in [7, 11) is 0. The van der Waals surface area contributed by atoms with Crippen LogP contribution in [-0.2, 0) is 12.4 Å². The predicted molar refractivity (Wildman–Crippen MR) is 83.7 cm³/mol. The molecule has 0 amide bonds. The Hall–Kier alpha value is -2.23. The van der Waals surface area contributed by atoms with E-state index in [0.29, 0.717) is 54.9 Å². The van der Waals surface area contributed by atoms with Crippen LogP contribution in [0.15, 0.2) is 28.4 Å². The number of aliphatic hydroxyl groups is 1. The molecule has 3 rings (SSSR count). The minimum atomic E-state index is -5.03. The molecule has 1 atom stereocenters. The van der Waals surface area contributed by atoms with E-state index in [0.717, 1.165) is 0 Å². The first-order chi connectivity index (χ1) is 12.0. The first-order valence-corrected chi connectivity index (χ1v) is 7.78. The molecular weight excluding hydrogens is 364 g/mol. The SMILES string of the molecule is Nc1c(C(F)(F)F)cc(NC2=C3CCC(O)C3=NCC2)cc1C(F)(F)F. The summed E-state index contributed by atoms with van der Waals surface area (Å²) in [5.41, 5.74) is 1.89. The second kappa shape index (κ2) is 6.19. The van der Waals surface area contributed by atoms with Crippen LogP contribution in [-0.4, -0.2) is 23.5 Å². The van der Waals surface area contributed by atoms with Crippen LogP contribution in [0.1, 0.15) is 30.4 Å². The van der Waals surface area contributed by atoms with Crippen LogP contribution in [0.3, 0.4) is 0 Å². The smallest absolute Gasteiger partial charge is 0.398 e. The van der Waals surface area contributed by atoms with Crippen molar-refractivity contribution in [2.75, 3.05) is 17.6 Å². The first kappa shape index (κ1) is 18.6. The maximum Gasteiger partial charge on any atom is 0.418 e. The average molecular weight is 379 g/mol. The number of hydrogen-bond acceptors (Lipinski definition) is 4. The van der Waals surface area contributed by atoms with Crippen molar-refractivity contribution in [3.05, 3.63) is 34.5 Å². The van der Waals surface area contributed by atoms with Crippen molar-refractivity contribution in [3.63, 3.8) is 0 Å². The summed E-state index contributed by atoms with van der Waals surface area (Å²) in [5.74, 6) is 0. The number of fused-ring (bicyclic) bond motifs is 1. The number of rotatable bonds is 2. The molecule has 1 heterocycles. The van der Waals surface area contributed by atoms with Crippen LogP contribution in [0.4, 0.5) is 37.7 Å². The van der Waals surface area contributed by atoms with Crippen LogP contribution in [0.5, 0.6) is 0 Å². The first-order valence-electron chi connectivity index (χ1n) is 7.78. The van der Waals surface area contributed by atoms with Crippen molar-refractivity contribution in [2.24, 2.45) is 4.99 Å². The Balaban J connectivity index is 2.06. The number of nitrogens with one attached hydrogen (secondary N) is 1. The molecule has 26 heavy (non-hydrogen) atoms. The van der Waals surface area contributed by atoms with Crippen LogP contribution < -0.4 is 11.1 Å².